The lowest BCUT2D eigenvalue weighted by atomic mass is 9.78. The molecule has 2 rings (SSSR count). The minimum atomic E-state index is -3.91. The molecule has 124 valence electrons. The minimum absolute atomic E-state index is 0.0829. The highest BCUT2D eigenvalue weighted by atomic mass is 32.2. The number of nitrogens with one attached hydrogen (secondary N) is 1. The van der Waals surface area contributed by atoms with Gasteiger partial charge in [0, 0.05) is 18.3 Å². The van der Waals surface area contributed by atoms with Crippen molar-refractivity contribution in [2.24, 2.45) is 5.73 Å². The zero-order chi connectivity index (χ0) is 16.6. The van der Waals surface area contributed by atoms with Crippen molar-refractivity contribution in [1.82, 2.24) is 4.72 Å². The van der Waals surface area contributed by atoms with Crippen molar-refractivity contribution in [2.75, 3.05) is 19.9 Å². The molecule has 9 heteroatoms. The summed E-state index contributed by atoms with van der Waals surface area (Å²) < 4.78 is 55.6. The second-order valence-corrected chi connectivity index (χ2v) is 9.38. The summed E-state index contributed by atoms with van der Waals surface area (Å²) in [7, 11) is -6.11. The van der Waals surface area contributed by atoms with Gasteiger partial charge in [-0.15, -0.1) is 0 Å². The summed E-state index contributed by atoms with van der Waals surface area (Å²) in [6.45, 7) is 0.113. The molecule has 1 fully saturated rings. The van der Waals surface area contributed by atoms with Gasteiger partial charge in [0.2, 0.25) is 10.0 Å². The molecule has 7 nitrogen and oxygen atoms in total. The lowest BCUT2D eigenvalue weighted by molar-refractivity contribution is 0.251. The van der Waals surface area contributed by atoms with Gasteiger partial charge in [0.25, 0.3) is 0 Å². The predicted molar refractivity (Wildman–Crippen MR) is 82.1 cm³/mol. The van der Waals surface area contributed by atoms with Gasteiger partial charge in [-0.3, -0.25) is 0 Å². The number of sulfonamides is 1. The summed E-state index contributed by atoms with van der Waals surface area (Å²) in [5, 5.41) is 0. The Labute approximate surface area is 130 Å². The Hall–Kier alpha value is -1.16. The largest absolute Gasteiger partial charge is 0.495 e. The van der Waals surface area contributed by atoms with Crippen molar-refractivity contribution >= 4 is 19.9 Å². The van der Waals surface area contributed by atoms with Crippen LogP contribution in [0.3, 0.4) is 0 Å². The van der Waals surface area contributed by atoms with E-state index in [9.17, 15) is 16.8 Å². The van der Waals surface area contributed by atoms with Gasteiger partial charge in [-0.25, -0.2) is 21.6 Å². The first-order valence-corrected chi connectivity index (χ1v) is 10.1. The molecule has 0 amide bonds. The van der Waals surface area contributed by atoms with Crippen LogP contribution in [-0.4, -0.2) is 42.3 Å². The van der Waals surface area contributed by atoms with Crippen molar-refractivity contribution in [3.63, 3.8) is 0 Å². The third-order valence-corrected chi connectivity index (χ3v) is 6.35. The Morgan fingerprint density at radius 1 is 1.27 bits per heavy atom. The van der Waals surface area contributed by atoms with E-state index in [-0.39, 0.29) is 22.1 Å². The molecule has 1 aromatic rings. The van der Waals surface area contributed by atoms with Gasteiger partial charge < -0.3 is 10.5 Å². The van der Waals surface area contributed by atoms with E-state index in [0.717, 1.165) is 31.6 Å². The Bertz CT molecular complexity index is 768. The molecule has 0 heterocycles. The van der Waals surface area contributed by atoms with E-state index in [1.807, 2.05) is 0 Å². The van der Waals surface area contributed by atoms with Gasteiger partial charge in [0.15, 0.2) is 9.84 Å². The fraction of sp³-hybridized carbons (Fsp3) is 0.538. The fourth-order valence-electron chi connectivity index (χ4n) is 2.22. The molecular formula is C13H20N2O5S2. The van der Waals surface area contributed by atoms with Crippen LogP contribution in [0.5, 0.6) is 5.75 Å². The van der Waals surface area contributed by atoms with Crippen LogP contribution >= 0.6 is 0 Å². The van der Waals surface area contributed by atoms with E-state index in [4.69, 9.17) is 10.5 Å². The topological polar surface area (TPSA) is 116 Å². The molecule has 1 aliphatic rings. The number of rotatable bonds is 6. The molecule has 0 radical (unpaired) electrons. The van der Waals surface area contributed by atoms with Crippen molar-refractivity contribution in [2.45, 2.75) is 34.6 Å². The Kier molecular flexibility index (Phi) is 4.54. The van der Waals surface area contributed by atoms with Crippen LogP contribution in [0.2, 0.25) is 0 Å². The first-order chi connectivity index (χ1) is 10.1. The second kappa shape index (κ2) is 5.80. The number of hydrogen-bond acceptors (Lipinski definition) is 6. The maximum atomic E-state index is 12.4. The normalized spacial score (nSPS) is 17.8. The highest BCUT2D eigenvalue weighted by molar-refractivity contribution is 7.91. The van der Waals surface area contributed by atoms with Crippen LogP contribution in [0.25, 0.3) is 0 Å². The molecule has 1 aromatic carbocycles. The standard InChI is InChI=1S/C13H20N2O5S2/c1-20-11-5-4-10(21(2,16)17)8-12(11)22(18,19)15-9-13(14)6-3-7-13/h4-5,8,15H,3,6-7,9,14H2,1-2H3. The molecule has 0 bridgehead atoms. The molecule has 1 saturated carbocycles. The third kappa shape index (κ3) is 3.60. The van der Waals surface area contributed by atoms with Gasteiger partial charge in [-0.1, -0.05) is 0 Å². The van der Waals surface area contributed by atoms with Crippen molar-refractivity contribution in [3.05, 3.63) is 18.2 Å². The van der Waals surface area contributed by atoms with Gasteiger partial charge in [0.1, 0.15) is 10.6 Å². The number of nitrogens with two attached hydrogens (primary N) is 1. The van der Waals surface area contributed by atoms with Crippen LogP contribution in [-0.2, 0) is 19.9 Å². The number of benzene rings is 1. The van der Waals surface area contributed by atoms with Crippen LogP contribution in [0.15, 0.2) is 28.0 Å². The highest BCUT2D eigenvalue weighted by Gasteiger charge is 2.34. The first kappa shape index (κ1) is 17.2. The minimum Gasteiger partial charge on any atom is -0.495 e. The van der Waals surface area contributed by atoms with Crippen molar-refractivity contribution < 1.29 is 21.6 Å². The van der Waals surface area contributed by atoms with Crippen LogP contribution in [0.1, 0.15) is 19.3 Å². The number of hydrogen-bond donors (Lipinski definition) is 2. The average Bonchev–Trinajstić information content (AvgIpc) is 2.41. The SMILES string of the molecule is COc1ccc(S(C)(=O)=O)cc1S(=O)(=O)NCC1(N)CCC1. The van der Waals surface area contributed by atoms with Crippen LogP contribution < -0.4 is 15.2 Å². The summed E-state index contributed by atoms with van der Waals surface area (Å²) in [5.41, 5.74) is 5.48. The summed E-state index contributed by atoms with van der Waals surface area (Å²) in [6.07, 6.45) is 3.51. The molecule has 3 N–H and O–H groups in total. The van der Waals surface area contributed by atoms with Gasteiger partial charge in [-0.05, 0) is 37.5 Å². The van der Waals surface area contributed by atoms with E-state index in [1.54, 1.807) is 0 Å². The number of sulfone groups is 1. The Morgan fingerprint density at radius 2 is 1.91 bits per heavy atom. The predicted octanol–water partition coefficient (Wildman–Crippen LogP) is 0.258. The molecule has 0 atom stereocenters. The molecule has 0 aliphatic heterocycles. The first-order valence-electron chi connectivity index (χ1n) is 6.74. The van der Waals surface area contributed by atoms with E-state index in [1.165, 1.54) is 19.2 Å². The summed E-state index contributed by atoms with van der Waals surface area (Å²) in [5.74, 6) is 0.0829. The van der Waals surface area contributed by atoms with Gasteiger partial charge in [-0.2, -0.15) is 0 Å². The van der Waals surface area contributed by atoms with Gasteiger partial charge >= 0.3 is 0 Å². The number of methoxy groups -OCH3 is 1. The van der Waals surface area contributed by atoms with Crippen molar-refractivity contribution in [3.8, 4) is 5.75 Å². The van der Waals surface area contributed by atoms with Gasteiger partial charge in [0.05, 0.1) is 12.0 Å². The quantitative estimate of drug-likeness (QED) is 0.762. The summed E-state index contributed by atoms with van der Waals surface area (Å²) >= 11 is 0. The van der Waals surface area contributed by atoms with E-state index >= 15 is 0 Å². The second-order valence-electron chi connectivity index (χ2n) is 5.63. The zero-order valence-corrected chi connectivity index (χ0v) is 14.1. The number of ether oxygens (including phenoxy) is 1. The molecular weight excluding hydrogens is 328 g/mol. The Balaban J connectivity index is 2.35. The molecule has 0 saturated heterocycles. The maximum absolute atomic E-state index is 12.4. The molecule has 0 unspecified atom stereocenters. The summed E-state index contributed by atoms with van der Waals surface area (Å²) in [6, 6.07) is 3.73. The maximum Gasteiger partial charge on any atom is 0.244 e. The summed E-state index contributed by atoms with van der Waals surface area (Å²) in [4.78, 5) is -0.291. The average molecular weight is 348 g/mol. The van der Waals surface area contributed by atoms with Crippen LogP contribution in [0.4, 0.5) is 0 Å². The lowest BCUT2D eigenvalue weighted by Gasteiger charge is -2.38. The van der Waals surface area contributed by atoms with Crippen molar-refractivity contribution in [1.29, 1.82) is 0 Å². The van der Waals surface area contributed by atoms with E-state index < -0.39 is 25.4 Å². The Morgan fingerprint density at radius 3 is 2.36 bits per heavy atom. The third-order valence-electron chi connectivity index (χ3n) is 3.82. The molecule has 0 spiro atoms. The zero-order valence-electron chi connectivity index (χ0n) is 12.5. The van der Waals surface area contributed by atoms with Crippen LogP contribution in [0, 0.1) is 0 Å². The van der Waals surface area contributed by atoms with E-state index in [0.29, 0.717) is 0 Å². The highest BCUT2D eigenvalue weighted by Crippen LogP contribution is 2.30. The van der Waals surface area contributed by atoms with E-state index in [2.05, 4.69) is 4.72 Å². The molecule has 22 heavy (non-hydrogen) atoms. The fourth-order valence-corrected chi connectivity index (χ4v) is 4.27. The molecule has 0 aromatic heterocycles. The molecule has 1 aliphatic carbocycles. The monoisotopic (exact) mass is 348 g/mol. The lowest BCUT2D eigenvalue weighted by Crippen LogP contribution is -2.54. The smallest absolute Gasteiger partial charge is 0.244 e.